The van der Waals surface area contributed by atoms with Crippen LogP contribution in [0.4, 0.5) is 19.0 Å². The third-order valence-corrected chi connectivity index (χ3v) is 5.24. The third kappa shape index (κ3) is 4.28. The summed E-state index contributed by atoms with van der Waals surface area (Å²) in [4.78, 5) is 12.5. The molecule has 2 atom stereocenters. The highest BCUT2D eigenvalue weighted by Gasteiger charge is 2.46. The first-order chi connectivity index (χ1) is 14.3. The lowest BCUT2D eigenvalue weighted by Gasteiger charge is -2.33. The second kappa shape index (κ2) is 8.02. The molecule has 0 aliphatic carbocycles. The summed E-state index contributed by atoms with van der Waals surface area (Å²) >= 11 is 5.84. The molecule has 1 aliphatic rings. The molecular formula is C21H18ClF3N4O. The minimum atomic E-state index is -4.49. The molecule has 1 amide bonds. The van der Waals surface area contributed by atoms with Gasteiger partial charge in [-0.2, -0.15) is 18.3 Å². The minimum absolute atomic E-state index is 0.0746. The SMILES string of the molecule is O=C(NCc1ccc(Cl)cc1)c1cc2n(n1)C(C(F)(F)F)CC(c1ccccc1)N2. The highest BCUT2D eigenvalue weighted by Crippen LogP contribution is 2.43. The summed E-state index contributed by atoms with van der Waals surface area (Å²) in [6, 6.07) is 14.8. The van der Waals surface area contributed by atoms with Crippen LogP contribution in [-0.2, 0) is 6.54 Å². The molecule has 2 unspecified atom stereocenters. The fourth-order valence-corrected chi connectivity index (χ4v) is 3.59. The van der Waals surface area contributed by atoms with E-state index in [-0.39, 0.29) is 24.5 Å². The Labute approximate surface area is 175 Å². The molecular weight excluding hydrogens is 417 g/mol. The third-order valence-electron chi connectivity index (χ3n) is 4.99. The number of hydrogen-bond donors (Lipinski definition) is 2. The topological polar surface area (TPSA) is 59.0 Å². The first-order valence-electron chi connectivity index (χ1n) is 9.31. The number of carbonyl (C=O) groups is 1. The molecule has 156 valence electrons. The summed E-state index contributed by atoms with van der Waals surface area (Å²) < 4.78 is 42.0. The summed E-state index contributed by atoms with van der Waals surface area (Å²) in [6.07, 6.45) is -4.71. The second-order valence-corrected chi connectivity index (χ2v) is 7.51. The van der Waals surface area contributed by atoms with Crippen LogP contribution in [0.15, 0.2) is 60.7 Å². The van der Waals surface area contributed by atoms with Gasteiger partial charge in [0.15, 0.2) is 11.7 Å². The lowest BCUT2D eigenvalue weighted by atomic mass is 9.97. The number of fused-ring (bicyclic) bond motifs is 1. The summed E-state index contributed by atoms with van der Waals surface area (Å²) in [5.41, 5.74) is 1.48. The fraction of sp³-hybridized carbons (Fsp3) is 0.238. The van der Waals surface area contributed by atoms with E-state index in [1.807, 2.05) is 0 Å². The van der Waals surface area contributed by atoms with E-state index in [2.05, 4.69) is 15.7 Å². The highest BCUT2D eigenvalue weighted by atomic mass is 35.5. The summed E-state index contributed by atoms with van der Waals surface area (Å²) in [6.45, 7) is 0.209. The van der Waals surface area contributed by atoms with Gasteiger partial charge in [-0.15, -0.1) is 0 Å². The van der Waals surface area contributed by atoms with E-state index in [9.17, 15) is 18.0 Å². The van der Waals surface area contributed by atoms with E-state index in [1.165, 1.54) is 6.07 Å². The molecule has 4 rings (SSSR count). The van der Waals surface area contributed by atoms with Gasteiger partial charge in [0.1, 0.15) is 5.82 Å². The van der Waals surface area contributed by atoms with E-state index in [0.29, 0.717) is 5.02 Å². The van der Waals surface area contributed by atoms with Crippen molar-refractivity contribution in [3.8, 4) is 0 Å². The molecule has 2 heterocycles. The van der Waals surface area contributed by atoms with E-state index >= 15 is 0 Å². The number of amides is 1. The zero-order chi connectivity index (χ0) is 21.3. The van der Waals surface area contributed by atoms with Gasteiger partial charge in [0, 0.05) is 24.1 Å². The van der Waals surface area contributed by atoms with Crippen molar-refractivity contribution >= 4 is 23.3 Å². The molecule has 0 saturated carbocycles. The summed E-state index contributed by atoms with van der Waals surface area (Å²) in [5.74, 6) is -0.389. The second-order valence-electron chi connectivity index (χ2n) is 7.07. The van der Waals surface area contributed by atoms with Crippen LogP contribution in [0, 0.1) is 0 Å². The van der Waals surface area contributed by atoms with Crippen LogP contribution in [0.5, 0.6) is 0 Å². The van der Waals surface area contributed by atoms with Gasteiger partial charge >= 0.3 is 6.18 Å². The number of nitrogens with zero attached hydrogens (tertiary/aromatic N) is 2. The van der Waals surface area contributed by atoms with Crippen LogP contribution >= 0.6 is 11.6 Å². The highest BCUT2D eigenvalue weighted by molar-refractivity contribution is 6.30. The monoisotopic (exact) mass is 434 g/mol. The van der Waals surface area contributed by atoms with Crippen LogP contribution in [0.1, 0.15) is 40.1 Å². The molecule has 0 bridgehead atoms. The van der Waals surface area contributed by atoms with Crippen molar-refractivity contribution < 1.29 is 18.0 Å². The zero-order valence-corrected chi connectivity index (χ0v) is 16.4. The van der Waals surface area contributed by atoms with Crippen molar-refractivity contribution in [2.45, 2.75) is 31.2 Å². The van der Waals surface area contributed by atoms with Gasteiger partial charge in [-0.1, -0.05) is 54.1 Å². The molecule has 2 N–H and O–H groups in total. The predicted molar refractivity (Wildman–Crippen MR) is 107 cm³/mol. The van der Waals surface area contributed by atoms with Crippen molar-refractivity contribution in [1.29, 1.82) is 0 Å². The molecule has 30 heavy (non-hydrogen) atoms. The molecule has 1 aliphatic heterocycles. The molecule has 2 aromatic carbocycles. The number of alkyl halides is 3. The Balaban J connectivity index is 1.56. The van der Waals surface area contributed by atoms with Gasteiger partial charge in [0.05, 0.1) is 6.04 Å². The van der Waals surface area contributed by atoms with Crippen LogP contribution in [0.2, 0.25) is 5.02 Å². The minimum Gasteiger partial charge on any atom is -0.363 e. The van der Waals surface area contributed by atoms with Crippen LogP contribution in [0.3, 0.4) is 0 Å². The van der Waals surface area contributed by atoms with Gasteiger partial charge in [-0.3, -0.25) is 4.79 Å². The largest absolute Gasteiger partial charge is 0.410 e. The number of nitrogens with one attached hydrogen (secondary N) is 2. The average Bonchev–Trinajstić information content (AvgIpc) is 3.16. The van der Waals surface area contributed by atoms with Crippen molar-refractivity contribution in [1.82, 2.24) is 15.1 Å². The lowest BCUT2D eigenvalue weighted by Crippen LogP contribution is -2.35. The molecule has 0 spiro atoms. The van der Waals surface area contributed by atoms with Crippen LogP contribution < -0.4 is 10.6 Å². The Kier molecular flexibility index (Phi) is 5.42. The molecule has 0 fully saturated rings. The quantitative estimate of drug-likeness (QED) is 0.598. The first-order valence-corrected chi connectivity index (χ1v) is 9.69. The number of rotatable bonds is 4. The van der Waals surface area contributed by atoms with Crippen molar-refractivity contribution in [2.75, 3.05) is 5.32 Å². The van der Waals surface area contributed by atoms with Gasteiger partial charge in [0.2, 0.25) is 0 Å². The molecule has 9 heteroatoms. The smallest absolute Gasteiger partial charge is 0.363 e. The van der Waals surface area contributed by atoms with Crippen molar-refractivity contribution in [2.24, 2.45) is 0 Å². The maximum absolute atomic E-state index is 13.7. The Bertz CT molecular complexity index is 1030. The van der Waals surface area contributed by atoms with Gasteiger partial charge in [0.25, 0.3) is 5.91 Å². The zero-order valence-electron chi connectivity index (χ0n) is 15.7. The normalized spacial score (nSPS) is 18.4. The summed E-state index contributed by atoms with van der Waals surface area (Å²) in [5, 5.41) is 10.3. The lowest BCUT2D eigenvalue weighted by molar-refractivity contribution is -0.173. The van der Waals surface area contributed by atoms with Crippen molar-refractivity contribution in [3.05, 3.63) is 82.5 Å². The van der Waals surface area contributed by atoms with E-state index in [4.69, 9.17) is 11.6 Å². The average molecular weight is 435 g/mol. The number of halogens is 4. The maximum atomic E-state index is 13.7. The standard InChI is InChI=1S/C21H18ClF3N4O/c22-15-8-6-13(7-9-15)12-26-20(30)17-11-19-27-16(14-4-2-1-3-5-14)10-18(21(23,24)25)29(19)28-17/h1-9,11,16,18,27H,10,12H2,(H,26,30). The predicted octanol–water partition coefficient (Wildman–Crippen LogP) is 5.13. The molecule has 3 aromatic rings. The van der Waals surface area contributed by atoms with Gasteiger partial charge < -0.3 is 10.6 Å². The van der Waals surface area contributed by atoms with E-state index in [1.54, 1.807) is 54.6 Å². The van der Waals surface area contributed by atoms with E-state index < -0.39 is 24.2 Å². The number of benzene rings is 2. The molecule has 0 radical (unpaired) electrons. The Morgan fingerprint density at radius 3 is 2.53 bits per heavy atom. The Morgan fingerprint density at radius 1 is 1.17 bits per heavy atom. The number of aromatic nitrogens is 2. The Hall–Kier alpha value is -3.00. The van der Waals surface area contributed by atoms with Crippen LogP contribution in [0.25, 0.3) is 0 Å². The molecule has 5 nitrogen and oxygen atoms in total. The van der Waals surface area contributed by atoms with Gasteiger partial charge in [-0.05, 0) is 23.3 Å². The number of anilines is 1. The first kappa shape index (κ1) is 20.3. The molecule has 0 saturated heterocycles. The summed E-state index contributed by atoms with van der Waals surface area (Å²) in [7, 11) is 0. The maximum Gasteiger partial charge on any atom is 0.410 e. The van der Waals surface area contributed by atoms with Gasteiger partial charge in [-0.25, -0.2) is 4.68 Å². The number of carbonyl (C=O) groups excluding carboxylic acids is 1. The van der Waals surface area contributed by atoms with Crippen LogP contribution in [-0.4, -0.2) is 21.9 Å². The fourth-order valence-electron chi connectivity index (χ4n) is 3.46. The van der Waals surface area contributed by atoms with Crippen molar-refractivity contribution in [3.63, 3.8) is 0 Å². The van der Waals surface area contributed by atoms with E-state index in [0.717, 1.165) is 15.8 Å². The Morgan fingerprint density at radius 2 is 1.87 bits per heavy atom. The number of hydrogen-bond acceptors (Lipinski definition) is 3. The molecule has 1 aromatic heterocycles.